The first-order valence-corrected chi connectivity index (χ1v) is 8.80. The van der Waals surface area contributed by atoms with Crippen molar-refractivity contribution in [2.45, 2.75) is 51.0 Å². The van der Waals surface area contributed by atoms with Crippen molar-refractivity contribution >= 4 is 11.7 Å². The zero-order chi connectivity index (χ0) is 17.4. The van der Waals surface area contributed by atoms with Crippen molar-refractivity contribution in [2.24, 2.45) is 11.7 Å². The van der Waals surface area contributed by atoms with Gasteiger partial charge in [0.1, 0.15) is 5.75 Å². The Labute approximate surface area is 143 Å². The predicted octanol–water partition coefficient (Wildman–Crippen LogP) is 2.68. The van der Waals surface area contributed by atoms with Gasteiger partial charge < -0.3 is 15.8 Å². The van der Waals surface area contributed by atoms with E-state index in [2.05, 4.69) is 5.32 Å². The summed E-state index contributed by atoms with van der Waals surface area (Å²) in [7, 11) is 1.58. The number of ketones is 1. The SMILES string of the molecule is COc1ccc(C(=O)CCC(=O)NC(CN)C2CCCCC2)cc1. The molecule has 1 aliphatic carbocycles. The number of amides is 1. The Morgan fingerprint density at radius 2 is 1.83 bits per heavy atom. The van der Waals surface area contributed by atoms with E-state index in [0.717, 1.165) is 12.8 Å². The van der Waals surface area contributed by atoms with Crippen molar-refractivity contribution in [2.75, 3.05) is 13.7 Å². The Hall–Kier alpha value is -1.88. The van der Waals surface area contributed by atoms with Gasteiger partial charge in [-0.15, -0.1) is 0 Å². The zero-order valence-corrected chi connectivity index (χ0v) is 14.4. The monoisotopic (exact) mass is 332 g/mol. The van der Waals surface area contributed by atoms with E-state index in [1.54, 1.807) is 31.4 Å². The van der Waals surface area contributed by atoms with Gasteiger partial charge in [-0.3, -0.25) is 9.59 Å². The van der Waals surface area contributed by atoms with E-state index in [-0.39, 0.29) is 30.6 Å². The summed E-state index contributed by atoms with van der Waals surface area (Å²) < 4.78 is 5.07. The Bertz CT molecular complexity index is 536. The Morgan fingerprint density at radius 1 is 1.17 bits per heavy atom. The van der Waals surface area contributed by atoms with Gasteiger partial charge in [0.25, 0.3) is 0 Å². The summed E-state index contributed by atoms with van der Waals surface area (Å²) in [6.45, 7) is 0.461. The van der Waals surface area contributed by atoms with E-state index in [0.29, 0.717) is 23.8 Å². The maximum absolute atomic E-state index is 12.2. The predicted molar refractivity (Wildman–Crippen MR) is 94.1 cm³/mol. The number of nitrogens with two attached hydrogens (primary N) is 1. The molecule has 1 aliphatic rings. The van der Waals surface area contributed by atoms with Gasteiger partial charge >= 0.3 is 0 Å². The number of carbonyl (C=O) groups is 2. The third-order valence-corrected chi connectivity index (χ3v) is 4.81. The molecule has 1 saturated carbocycles. The van der Waals surface area contributed by atoms with Crippen LogP contribution < -0.4 is 15.8 Å². The molecule has 0 saturated heterocycles. The van der Waals surface area contributed by atoms with Crippen LogP contribution in [0.1, 0.15) is 55.3 Å². The molecule has 0 radical (unpaired) electrons. The lowest BCUT2D eigenvalue weighted by Crippen LogP contribution is -2.45. The molecule has 0 aliphatic heterocycles. The number of rotatable bonds is 8. The van der Waals surface area contributed by atoms with Crippen LogP contribution >= 0.6 is 0 Å². The van der Waals surface area contributed by atoms with Crippen LogP contribution in [0.15, 0.2) is 24.3 Å². The fourth-order valence-corrected chi connectivity index (χ4v) is 3.33. The van der Waals surface area contributed by atoms with E-state index in [1.807, 2.05) is 0 Å². The van der Waals surface area contributed by atoms with Gasteiger partial charge in [-0.05, 0) is 43.0 Å². The van der Waals surface area contributed by atoms with Crippen LogP contribution in [-0.2, 0) is 4.79 Å². The number of benzene rings is 1. The summed E-state index contributed by atoms with van der Waals surface area (Å²) in [6, 6.07) is 6.99. The molecule has 0 aromatic heterocycles. The lowest BCUT2D eigenvalue weighted by atomic mass is 9.84. The third kappa shape index (κ3) is 5.34. The maximum Gasteiger partial charge on any atom is 0.220 e. The molecule has 0 bridgehead atoms. The zero-order valence-electron chi connectivity index (χ0n) is 14.4. The highest BCUT2D eigenvalue weighted by Crippen LogP contribution is 2.26. The molecule has 1 amide bonds. The Morgan fingerprint density at radius 3 is 2.42 bits per heavy atom. The summed E-state index contributed by atoms with van der Waals surface area (Å²) in [4.78, 5) is 24.3. The second-order valence-electron chi connectivity index (χ2n) is 6.46. The number of hydrogen-bond acceptors (Lipinski definition) is 4. The van der Waals surface area contributed by atoms with Crippen molar-refractivity contribution < 1.29 is 14.3 Å². The molecule has 1 aromatic carbocycles. The van der Waals surface area contributed by atoms with E-state index < -0.39 is 0 Å². The minimum absolute atomic E-state index is 0.0326. The minimum atomic E-state index is -0.0853. The molecule has 0 spiro atoms. The van der Waals surface area contributed by atoms with Gasteiger partial charge in [-0.2, -0.15) is 0 Å². The number of methoxy groups -OCH3 is 1. The highest BCUT2D eigenvalue weighted by molar-refractivity contribution is 5.98. The van der Waals surface area contributed by atoms with Crippen LogP contribution in [0.4, 0.5) is 0 Å². The number of Topliss-reactive ketones (excluding diaryl/α,β-unsaturated/α-hetero) is 1. The normalized spacial score (nSPS) is 16.4. The number of hydrogen-bond donors (Lipinski definition) is 2. The van der Waals surface area contributed by atoms with Gasteiger partial charge in [0.05, 0.1) is 7.11 Å². The van der Waals surface area contributed by atoms with Crippen molar-refractivity contribution in [1.29, 1.82) is 0 Å². The number of carbonyl (C=O) groups excluding carboxylic acids is 2. The second kappa shape index (κ2) is 9.42. The molecular formula is C19H28N2O3. The van der Waals surface area contributed by atoms with Crippen molar-refractivity contribution in [3.05, 3.63) is 29.8 Å². The average molecular weight is 332 g/mol. The topological polar surface area (TPSA) is 81.4 Å². The standard InChI is InChI=1S/C19H28N2O3/c1-24-16-9-7-15(8-10-16)18(22)11-12-19(23)21-17(13-20)14-5-3-2-4-6-14/h7-10,14,17H,2-6,11-13,20H2,1H3,(H,21,23). The molecule has 5 heteroatoms. The van der Waals surface area contributed by atoms with Gasteiger partial charge in [0.2, 0.25) is 5.91 Å². The first kappa shape index (κ1) is 18.5. The van der Waals surface area contributed by atoms with Crippen LogP contribution in [0.3, 0.4) is 0 Å². The summed E-state index contributed by atoms with van der Waals surface area (Å²) in [5.74, 6) is 1.07. The van der Waals surface area contributed by atoms with Gasteiger partial charge in [0.15, 0.2) is 5.78 Å². The highest BCUT2D eigenvalue weighted by Gasteiger charge is 2.24. The first-order valence-electron chi connectivity index (χ1n) is 8.80. The lowest BCUT2D eigenvalue weighted by Gasteiger charge is -2.30. The highest BCUT2D eigenvalue weighted by atomic mass is 16.5. The molecule has 1 atom stereocenters. The van der Waals surface area contributed by atoms with Crippen LogP contribution in [-0.4, -0.2) is 31.4 Å². The van der Waals surface area contributed by atoms with Crippen molar-refractivity contribution in [3.8, 4) is 5.75 Å². The van der Waals surface area contributed by atoms with Gasteiger partial charge in [-0.1, -0.05) is 19.3 Å². The van der Waals surface area contributed by atoms with Crippen molar-refractivity contribution in [1.82, 2.24) is 5.32 Å². The second-order valence-corrected chi connectivity index (χ2v) is 6.46. The van der Waals surface area contributed by atoms with Crippen LogP contribution in [0.25, 0.3) is 0 Å². The number of nitrogens with one attached hydrogen (secondary N) is 1. The average Bonchev–Trinajstić information content (AvgIpc) is 2.65. The van der Waals surface area contributed by atoms with Crippen LogP contribution in [0.2, 0.25) is 0 Å². The van der Waals surface area contributed by atoms with E-state index in [9.17, 15) is 9.59 Å². The molecule has 2 rings (SSSR count). The summed E-state index contributed by atoms with van der Waals surface area (Å²) in [6.07, 6.45) is 6.38. The van der Waals surface area contributed by atoms with Crippen LogP contribution in [0, 0.1) is 5.92 Å². The summed E-state index contributed by atoms with van der Waals surface area (Å²) >= 11 is 0. The fourth-order valence-electron chi connectivity index (χ4n) is 3.33. The quantitative estimate of drug-likeness (QED) is 0.717. The summed E-state index contributed by atoms with van der Waals surface area (Å²) in [5.41, 5.74) is 6.44. The molecule has 3 N–H and O–H groups in total. The minimum Gasteiger partial charge on any atom is -0.497 e. The summed E-state index contributed by atoms with van der Waals surface area (Å²) in [5, 5.41) is 3.03. The molecule has 0 heterocycles. The maximum atomic E-state index is 12.2. The molecule has 5 nitrogen and oxygen atoms in total. The third-order valence-electron chi connectivity index (χ3n) is 4.81. The largest absolute Gasteiger partial charge is 0.497 e. The molecule has 1 aromatic rings. The van der Waals surface area contributed by atoms with Gasteiger partial charge in [-0.25, -0.2) is 0 Å². The van der Waals surface area contributed by atoms with Gasteiger partial charge in [0, 0.05) is 31.0 Å². The Kier molecular flexibility index (Phi) is 7.25. The van der Waals surface area contributed by atoms with E-state index in [1.165, 1.54) is 19.3 Å². The molecule has 1 fully saturated rings. The number of ether oxygens (including phenoxy) is 1. The van der Waals surface area contributed by atoms with E-state index >= 15 is 0 Å². The molecule has 132 valence electrons. The molecule has 24 heavy (non-hydrogen) atoms. The fraction of sp³-hybridized carbons (Fsp3) is 0.579. The molecule has 1 unspecified atom stereocenters. The first-order chi connectivity index (χ1) is 11.6. The van der Waals surface area contributed by atoms with Crippen LogP contribution in [0.5, 0.6) is 5.75 Å². The Balaban J connectivity index is 1.79. The van der Waals surface area contributed by atoms with E-state index in [4.69, 9.17) is 10.5 Å². The van der Waals surface area contributed by atoms with Crippen molar-refractivity contribution in [3.63, 3.8) is 0 Å². The molecular weight excluding hydrogens is 304 g/mol. The smallest absolute Gasteiger partial charge is 0.220 e. The lowest BCUT2D eigenvalue weighted by molar-refractivity contribution is -0.122.